The predicted octanol–water partition coefficient (Wildman–Crippen LogP) is 3.81. The molecule has 1 atom stereocenters. The number of likely N-dealkylation sites (tertiary alicyclic amines) is 1. The first kappa shape index (κ1) is 18.9. The first-order chi connectivity index (χ1) is 14.0. The topological polar surface area (TPSA) is 75.4 Å². The number of rotatable bonds is 4. The molecule has 1 aromatic heterocycles. The van der Waals surface area contributed by atoms with E-state index in [-0.39, 0.29) is 17.4 Å². The fourth-order valence-electron chi connectivity index (χ4n) is 3.94. The number of nitrogens with zero attached hydrogens (tertiary/aromatic N) is 3. The highest BCUT2D eigenvalue weighted by Crippen LogP contribution is 2.29. The van der Waals surface area contributed by atoms with Crippen molar-refractivity contribution in [3.05, 3.63) is 77.5 Å². The third-order valence-electron chi connectivity index (χ3n) is 5.48. The Morgan fingerprint density at radius 3 is 2.62 bits per heavy atom. The minimum absolute atomic E-state index is 0.0405. The van der Waals surface area contributed by atoms with Crippen LogP contribution in [0.15, 0.2) is 60.7 Å². The summed E-state index contributed by atoms with van der Waals surface area (Å²) in [6.45, 7) is 1.27. The number of benzene rings is 2. The normalized spacial score (nSPS) is 16.6. The van der Waals surface area contributed by atoms with Crippen LogP contribution >= 0.6 is 0 Å². The molecule has 0 aliphatic carbocycles. The maximum absolute atomic E-state index is 13.2. The summed E-state index contributed by atoms with van der Waals surface area (Å²) in [5.41, 5.74) is 3.56. The number of carbonyl (C=O) groups is 2. The summed E-state index contributed by atoms with van der Waals surface area (Å²) >= 11 is 0. The molecule has 1 saturated heterocycles. The summed E-state index contributed by atoms with van der Waals surface area (Å²) in [7, 11) is 1.79. The highest BCUT2D eigenvalue weighted by atomic mass is 16.4. The second kappa shape index (κ2) is 7.91. The molecule has 0 radical (unpaired) electrons. The number of aromatic nitrogens is 2. The van der Waals surface area contributed by atoms with Gasteiger partial charge in [0.1, 0.15) is 5.69 Å². The van der Waals surface area contributed by atoms with Gasteiger partial charge in [-0.1, -0.05) is 42.5 Å². The third kappa shape index (κ3) is 3.92. The maximum atomic E-state index is 13.2. The van der Waals surface area contributed by atoms with Crippen LogP contribution in [-0.2, 0) is 7.05 Å². The first-order valence-corrected chi connectivity index (χ1v) is 9.75. The fourth-order valence-corrected chi connectivity index (χ4v) is 3.94. The summed E-state index contributed by atoms with van der Waals surface area (Å²) in [5, 5.41) is 13.8. The summed E-state index contributed by atoms with van der Waals surface area (Å²) < 4.78 is 1.64. The van der Waals surface area contributed by atoms with Crippen molar-refractivity contribution in [1.29, 1.82) is 0 Å². The van der Waals surface area contributed by atoms with Gasteiger partial charge in [0.15, 0.2) is 0 Å². The molecule has 0 bridgehead atoms. The van der Waals surface area contributed by atoms with E-state index in [1.165, 1.54) is 0 Å². The van der Waals surface area contributed by atoms with Crippen molar-refractivity contribution in [1.82, 2.24) is 14.7 Å². The van der Waals surface area contributed by atoms with Crippen molar-refractivity contribution in [2.24, 2.45) is 7.05 Å². The van der Waals surface area contributed by atoms with Crippen LogP contribution in [0.3, 0.4) is 0 Å². The molecule has 1 N–H and O–H groups in total. The molecule has 0 saturated carbocycles. The van der Waals surface area contributed by atoms with Crippen LogP contribution in [0.25, 0.3) is 11.3 Å². The highest BCUT2D eigenvalue weighted by Gasteiger charge is 2.28. The smallest absolute Gasteiger partial charge is 0.335 e. The van der Waals surface area contributed by atoms with E-state index < -0.39 is 5.97 Å². The van der Waals surface area contributed by atoms with Crippen LogP contribution in [0.5, 0.6) is 0 Å². The molecule has 1 amide bonds. The van der Waals surface area contributed by atoms with Gasteiger partial charge in [-0.2, -0.15) is 5.10 Å². The van der Waals surface area contributed by atoms with Gasteiger partial charge in [-0.3, -0.25) is 9.48 Å². The number of aromatic carboxylic acids is 1. The Balaban J connectivity index is 1.54. The van der Waals surface area contributed by atoms with Crippen molar-refractivity contribution in [2.45, 2.75) is 18.8 Å². The molecule has 4 rings (SSSR count). The molecule has 1 aliphatic rings. The van der Waals surface area contributed by atoms with Gasteiger partial charge in [-0.05, 0) is 36.6 Å². The molecule has 2 heterocycles. The zero-order valence-corrected chi connectivity index (χ0v) is 16.3. The minimum Gasteiger partial charge on any atom is -0.478 e. The van der Waals surface area contributed by atoms with Gasteiger partial charge in [-0.15, -0.1) is 0 Å². The van der Waals surface area contributed by atoms with Crippen LogP contribution in [0.2, 0.25) is 0 Å². The van der Waals surface area contributed by atoms with Crippen LogP contribution < -0.4 is 0 Å². The van der Waals surface area contributed by atoms with Crippen molar-refractivity contribution in [2.75, 3.05) is 13.1 Å². The Kier molecular flexibility index (Phi) is 5.16. The zero-order chi connectivity index (χ0) is 20.4. The SMILES string of the molecule is Cn1nc(-c2ccccc2)cc1C(=O)N1CCCC(c2cccc(C(=O)O)c2)C1. The standard InChI is InChI=1S/C23H23N3O3/c1-25-21(14-20(24-25)16-7-3-2-4-8-16)22(27)26-12-6-11-19(15-26)17-9-5-10-18(13-17)23(28)29/h2-5,7-10,13-14,19H,6,11-12,15H2,1H3,(H,28,29). The van der Waals surface area contributed by atoms with Gasteiger partial charge in [0.05, 0.1) is 11.3 Å². The Bertz CT molecular complexity index is 1040. The maximum Gasteiger partial charge on any atom is 0.335 e. The second-order valence-corrected chi connectivity index (χ2v) is 7.43. The lowest BCUT2D eigenvalue weighted by Gasteiger charge is -2.33. The van der Waals surface area contributed by atoms with Crippen LogP contribution in [-0.4, -0.2) is 44.8 Å². The number of carbonyl (C=O) groups excluding carboxylic acids is 1. The highest BCUT2D eigenvalue weighted by molar-refractivity contribution is 5.94. The van der Waals surface area contributed by atoms with Gasteiger partial charge in [0, 0.05) is 31.6 Å². The Morgan fingerprint density at radius 1 is 1.07 bits per heavy atom. The third-order valence-corrected chi connectivity index (χ3v) is 5.48. The quantitative estimate of drug-likeness (QED) is 0.736. The summed E-state index contributed by atoms with van der Waals surface area (Å²) in [6.07, 6.45) is 1.82. The number of carboxylic acid groups (broad SMARTS) is 1. The average molecular weight is 389 g/mol. The van der Waals surface area contributed by atoms with E-state index in [0.717, 1.165) is 29.7 Å². The molecule has 1 aliphatic heterocycles. The van der Waals surface area contributed by atoms with Crippen molar-refractivity contribution >= 4 is 11.9 Å². The van der Waals surface area contributed by atoms with Gasteiger partial charge in [0.25, 0.3) is 5.91 Å². The largest absolute Gasteiger partial charge is 0.478 e. The van der Waals surface area contributed by atoms with Crippen molar-refractivity contribution in [3.8, 4) is 11.3 Å². The Hall–Kier alpha value is -3.41. The molecular formula is C23H23N3O3. The molecule has 148 valence electrons. The van der Waals surface area contributed by atoms with Crippen molar-refractivity contribution < 1.29 is 14.7 Å². The first-order valence-electron chi connectivity index (χ1n) is 9.75. The molecule has 0 spiro atoms. The number of piperidine rings is 1. The molecule has 1 unspecified atom stereocenters. The van der Waals surface area contributed by atoms with Gasteiger partial charge >= 0.3 is 5.97 Å². The van der Waals surface area contributed by atoms with Gasteiger partial charge < -0.3 is 10.0 Å². The van der Waals surface area contributed by atoms with E-state index in [1.807, 2.05) is 47.4 Å². The Morgan fingerprint density at radius 2 is 1.86 bits per heavy atom. The summed E-state index contributed by atoms with van der Waals surface area (Å²) in [4.78, 5) is 26.3. The van der Waals surface area contributed by atoms with Crippen molar-refractivity contribution in [3.63, 3.8) is 0 Å². The number of aryl methyl sites for hydroxylation is 1. The molecule has 1 fully saturated rings. The second-order valence-electron chi connectivity index (χ2n) is 7.43. The lowest BCUT2D eigenvalue weighted by molar-refractivity contribution is 0.0683. The van der Waals surface area contributed by atoms with E-state index in [2.05, 4.69) is 5.10 Å². The van der Waals surface area contributed by atoms with Gasteiger partial charge in [-0.25, -0.2) is 4.79 Å². The molecular weight excluding hydrogens is 366 g/mol. The Labute approximate surface area is 169 Å². The van der Waals surface area contributed by atoms with Gasteiger partial charge in [0.2, 0.25) is 0 Å². The van der Waals surface area contributed by atoms with E-state index in [1.54, 1.807) is 29.9 Å². The van der Waals surface area contributed by atoms with E-state index in [0.29, 0.717) is 18.8 Å². The van der Waals surface area contributed by atoms with Crippen LogP contribution in [0.1, 0.15) is 45.2 Å². The number of hydrogen-bond donors (Lipinski definition) is 1. The molecule has 2 aromatic carbocycles. The number of amides is 1. The lowest BCUT2D eigenvalue weighted by atomic mass is 9.89. The average Bonchev–Trinajstić information content (AvgIpc) is 3.15. The molecule has 6 nitrogen and oxygen atoms in total. The molecule has 3 aromatic rings. The number of hydrogen-bond acceptors (Lipinski definition) is 3. The van der Waals surface area contributed by atoms with Crippen LogP contribution in [0, 0.1) is 0 Å². The van der Waals surface area contributed by atoms with E-state index >= 15 is 0 Å². The van der Waals surface area contributed by atoms with E-state index in [9.17, 15) is 14.7 Å². The zero-order valence-electron chi connectivity index (χ0n) is 16.3. The lowest BCUT2D eigenvalue weighted by Crippen LogP contribution is -2.39. The number of carboxylic acids is 1. The van der Waals surface area contributed by atoms with E-state index in [4.69, 9.17) is 0 Å². The summed E-state index contributed by atoms with van der Waals surface area (Å²) in [6, 6.07) is 18.7. The predicted molar refractivity (Wildman–Crippen MR) is 110 cm³/mol. The molecule has 6 heteroatoms. The summed E-state index contributed by atoms with van der Waals surface area (Å²) in [5.74, 6) is -0.839. The fraction of sp³-hybridized carbons (Fsp3) is 0.261. The minimum atomic E-state index is -0.932. The monoisotopic (exact) mass is 389 g/mol. The molecule has 29 heavy (non-hydrogen) atoms. The van der Waals surface area contributed by atoms with Crippen LogP contribution in [0.4, 0.5) is 0 Å².